The minimum atomic E-state index is -0.348. The van der Waals surface area contributed by atoms with Gasteiger partial charge in [0.1, 0.15) is 11.3 Å². The molecule has 0 spiro atoms. The summed E-state index contributed by atoms with van der Waals surface area (Å²) < 4.78 is 15.7. The van der Waals surface area contributed by atoms with Crippen molar-refractivity contribution in [2.45, 2.75) is 13.0 Å². The van der Waals surface area contributed by atoms with Crippen molar-refractivity contribution in [3.8, 4) is 0 Å². The van der Waals surface area contributed by atoms with Crippen molar-refractivity contribution in [3.63, 3.8) is 0 Å². The molecule has 1 aromatic heterocycles. The Balaban J connectivity index is 2.22. The van der Waals surface area contributed by atoms with Gasteiger partial charge in [0.2, 0.25) is 0 Å². The van der Waals surface area contributed by atoms with E-state index < -0.39 is 0 Å². The number of amides is 2. The van der Waals surface area contributed by atoms with Crippen molar-refractivity contribution in [1.82, 2.24) is 19.8 Å². The van der Waals surface area contributed by atoms with E-state index in [1.54, 1.807) is 20.2 Å². The molecular formula is C14H18ClFN4O. The lowest BCUT2D eigenvalue weighted by Gasteiger charge is -2.13. The number of alkyl halides is 1. The van der Waals surface area contributed by atoms with Gasteiger partial charge in [0.25, 0.3) is 0 Å². The molecule has 1 heterocycles. The van der Waals surface area contributed by atoms with Crippen LogP contribution in [0.3, 0.4) is 0 Å². The number of urea groups is 1. The molecule has 0 radical (unpaired) electrons. The Morgan fingerprint density at radius 3 is 2.90 bits per heavy atom. The number of fused-ring (bicyclic) bond motifs is 1. The Kier molecular flexibility index (Phi) is 5.01. The first-order valence-electron chi connectivity index (χ1n) is 6.69. The molecule has 7 heteroatoms. The summed E-state index contributed by atoms with van der Waals surface area (Å²) in [5.41, 5.74) is 1.06. The first kappa shape index (κ1) is 15.6. The minimum absolute atomic E-state index is 0.163. The second-order valence-electron chi connectivity index (χ2n) is 4.85. The zero-order valence-electron chi connectivity index (χ0n) is 12.1. The lowest BCUT2D eigenvalue weighted by Crippen LogP contribution is -2.36. The van der Waals surface area contributed by atoms with Gasteiger partial charge in [-0.1, -0.05) is 6.07 Å². The summed E-state index contributed by atoms with van der Waals surface area (Å²) in [5.74, 6) is 0.790. The standard InChI is InChI=1S/C14H18ClFN4O/c1-19(2)14(21)17-8-9-20-11-5-3-4-10(16)13(11)18-12(20)6-7-15/h3-5H,6-9H2,1-2H3,(H,17,21). The molecule has 0 bridgehead atoms. The monoisotopic (exact) mass is 312 g/mol. The fourth-order valence-corrected chi connectivity index (χ4v) is 2.29. The molecule has 5 nitrogen and oxygen atoms in total. The van der Waals surface area contributed by atoms with E-state index in [2.05, 4.69) is 10.3 Å². The number of nitrogens with one attached hydrogen (secondary N) is 1. The van der Waals surface area contributed by atoms with Crippen LogP contribution in [0.5, 0.6) is 0 Å². The second-order valence-corrected chi connectivity index (χ2v) is 5.23. The molecule has 0 fully saturated rings. The lowest BCUT2D eigenvalue weighted by atomic mass is 10.3. The Morgan fingerprint density at radius 2 is 2.24 bits per heavy atom. The molecule has 0 saturated carbocycles. The van der Waals surface area contributed by atoms with Crippen molar-refractivity contribution >= 4 is 28.7 Å². The second kappa shape index (κ2) is 6.76. The SMILES string of the molecule is CN(C)C(=O)NCCn1c(CCCl)nc2c(F)cccc21. The number of aryl methyl sites for hydroxylation is 1. The molecule has 1 N–H and O–H groups in total. The molecule has 0 saturated heterocycles. The normalized spacial score (nSPS) is 10.9. The topological polar surface area (TPSA) is 50.2 Å². The van der Waals surface area contributed by atoms with Crippen LogP contribution in [0.4, 0.5) is 9.18 Å². The van der Waals surface area contributed by atoms with E-state index in [1.165, 1.54) is 11.0 Å². The summed E-state index contributed by atoms with van der Waals surface area (Å²) in [6, 6.07) is 4.69. The molecular weight excluding hydrogens is 295 g/mol. The van der Waals surface area contributed by atoms with Gasteiger partial charge in [-0.3, -0.25) is 0 Å². The molecule has 2 aromatic rings. The molecule has 21 heavy (non-hydrogen) atoms. The summed E-state index contributed by atoms with van der Waals surface area (Å²) in [4.78, 5) is 17.3. The Labute approximate surface area is 127 Å². The van der Waals surface area contributed by atoms with E-state index >= 15 is 0 Å². The van der Waals surface area contributed by atoms with Crippen LogP contribution in [0.25, 0.3) is 11.0 Å². The van der Waals surface area contributed by atoms with Crippen molar-refractivity contribution in [1.29, 1.82) is 0 Å². The van der Waals surface area contributed by atoms with Crippen molar-refractivity contribution in [2.24, 2.45) is 0 Å². The number of aromatic nitrogens is 2. The molecule has 0 aliphatic carbocycles. The maximum atomic E-state index is 13.8. The maximum absolute atomic E-state index is 13.8. The highest BCUT2D eigenvalue weighted by Crippen LogP contribution is 2.19. The lowest BCUT2D eigenvalue weighted by molar-refractivity contribution is 0.217. The molecule has 114 valence electrons. The van der Waals surface area contributed by atoms with E-state index in [0.29, 0.717) is 36.4 Å². The molecule has 2 amide bonds. The number of hydrogen-bond acceptors (Lipinski definition) is 2. The van der Waals surface area contributed by atoms with E-state index in [-0.39, 0.29) is 11.8 Å². The third kappa shape index (κ3) is 3.44. The van der Waals surface area contributed by atoms with Gasteiger partial charge in [0.05, 0.1) is 5.52 Å². The number of benzene rings is 1. The number of halogens is 2. The number of para-hydroxylation sites is 1. The van der Waals surface area contributed by atoms with Crippen LogP contribution >= 0.6 is 11.6 Å². The fraction of sp³-hybridized carbons (Fsp3) is 0.429. The van der Waals surface area contributed by atoms with Gasteiger partial charge in [-0.05, 0) is 12.1 Å². The number of hydrogen-bond donors (Lipinski definition) is 1. The van der Waals surface area contributed by atoms with Crippen molar-refractivity contribution in [3.05, 3.63) is 29.8 Å². The highest BCUT2D eigenvalue weighted by atomic mass is 35.5. The fourth-order valence-electron chi connectivity index (χ4n) is 2.12. The third-order valence-corrected chi connectivity index (χ3v) is 3.33. The van der Waals surface area contributed by atoms with Gasteiger partial charge in [-0.25, -0.2) is 14.2 Å². The average Bonchev–Trinajstić information content (AvgIpc) is 2.79. The van der Waals surface area contributed by atoms with Crippen LogP contribution in [-0.2, 0) is 13.0 Å². The summed E-state index contributed by atoms with van der Waals surface area (Å²) in [6.07, 6.45) is 0.553. The zero-order valence-corrected chi connectivity index (χ0v) is 12.8. The van der Waals surface area contributed by atoms with Crippen molar-refractivity contribution < 1.29 is 9.18 Å². The summed E-state index contributed by atoms with van der Waals surface area (Å²) in [5, 5.41) is 2.78. The molecule has 0 unspecified atom stereocenters. The predicted molar refractivity (Wildman–Crippen MR) is 81.2 cm³/mol. The van der Waals surface area contributed by atoms with Gasteiger partial charge in [0.15, 0.2) is 5.82 Å². The van der Waals surface area contributed by atoms with Gasteiger partial charge in [-0.15, -0.1) is 11.6 Å². The quantitative estimate of drug-likeness (QED) is 0.861. The van der Waals surface area contributed by atoms with Gasteiger partial charge < -0.3 is 14.8 Å². The summed E-state index contributed by atoms with van der Waals surface area (Å²) in [6.45, 7) is 0.958. The Hall–Kier alpha value is -1.82. The minimum Gasteiger partial charge on any atom is -0.336 e. The smallest absolute Gasteiger partial charge is 0.316 e. The highest BCUT2D eigenvalue weighted by molar-refractivity contribution is 6.17. The largest absolute Gasteiger partial charge is 0.336 e. The number of imidazole rings is 1. The van der Waals surface area contributed by atoms with E-state index in [9.17, 15) is 9.18 Å². The Morgan fingerprint density at radius 1 is 1.48 bits per heavy atom. The number of nitrogens with zero attached hydrogens (tertiary/aromatic N) is 3. The van der Waals surface area contributed by atoms with Crippen LogP contribution in [0.15, 0.2) is 18.2 Å². The van der Waals surface area contributed by atoms with Crippen LogP contribution in [-0.4, -0.2) is 47.0 Å². The summed E-state index contributed by atoms with van der Waals surface area (Å²) in [7, 11) is 3.35. The molecule has 1 aromatic carbocycles. The first-order chi connectivity index (χ1) is 10.0. The van der Waals surface area contributed by atoms with Crippen LogP contribution in [0.2, 0.25) is 0 Å². The van der Waals surface area contributed by atoms with Gasteiger partial charge >= 0.3 is 6.03 Å². The maximum Gasteiger partial charge on any atom is 0.316 e. The van der Waals surface area contributed by atoms with Crippen LogP contribution in [0.1, 0.15) is 5.82 Å². The number of carbonyl (C=O) groups excluding carboxylic acids is 1. The third-order valence-electron chi connectivity index (χ3n) is 3.14. The first-order valence-corrected chi connectivity index (χ1v) is 7.22. The Bertz CT molecular complexity index is 641. The number of carbonyl (C=O) groups is 1. The van der Waals surface area contributed by atoms with E-state index in [1.807, 2.05) is 10.6 Å². The predicted octanol–water partition coefficient (Wildman–Crippen LogP) is 2.23. The molecule has 0 aliphatic heterocycles. The van der Waals surface area contributed by atoms with Gasteiger partial charge in [-0.2, -0.15) is 0 Å². The molecule has 2 rings (SSSR count). The van der Waals surface area contributed by atoms with E-state index in [0.717, 1.165) is 5.82 Å². The van der Waals surface area contributed by atoms with Crippen molar-refractivity contribution in [2.75, 3.05) is 26.5 Å². The number of rotatable bonds is 5. The van der Waals surface area contributed by atoms with Crippen LogP contribution in [0, 0.1) is 5.82 Å². The van der Waals surface area contributed by atoms with Crippen LogP contribution < -0.4 is 5.32 Å². The average molecular weight is 313 g/mol. The van der Waals surface area contributed by atoms with Gasteiger partial charge in [0, 0.05) is 39.5 Å². The summed E-state index contributed by atoms with van der Waals surface area (Å²) >= 11 is 5.78. The molecule has 0 atom stereocenters. The highest BCUT2D eigenvalue weighted by Gasteiger charge is 2.13. The zero-order chi connectivity index (χ0) is 15.4. The molecule has 0 aliphatic rings. The van der Waals surface area contributed by atoms with E-state index in [4.69, 9.17) is 11.6 Å².